The molecule has 0 fully saturated rings. The van der Waals surface area contributed by atoms with Crippen LogP contribution >= 0.6 is 0 Å². The number of hydrogen-bond donors (Lipinski definition) is 0. The van der Waals surface area contributed by atoms with Crippen molar-refractivity contribution in [2.75, 3.05) is 0 Å². The highest BCUT2D eigenvalue weighted by atomic mass is 15.0. The second-order valence-corrected chi connectivity index (χ2v) is 4.71. The van der Waals surface area contributed by atoms with E-state index in [1.165, 1.54) is 22.4 Å². The molecule has 0 spiro atoms. The van der Waals surface area contributed by atoms with Crippen molar-refractivity contribution in [3.05, 3.63) is 83.9 Å². The van der Waals surface area contributed by atoms with E-state index in [1.54, 1.807) is 0 Å². The summed E-state index contributed by atoms with van der Waals surface area (Å²) in [5.74, 6) is 0. The molecule has 0 aliphatic heterocycles. The Kier molecular flexibility index (Phi) is 3.15. The Morgan fingerprint density at radius 1 is 1.00 bits per heavy atom. The number of nitrogens with zero attached hydrogens (tertiary/aromatic N) is 2. The molecule has 2 heteroatoms. The van der Waals surface area contributed by atoms with E-state index in [2.05, 4.69) is 65.0 Å². The fraction of sp³-hybridized carbons (Fsp3) is 0.118. The summed E-state index contributed by atoms with van der Waals surface area (Å²) in [5.41, 5.74) is 5.16. The molecule has 3 rings (SSSR count). The third kappa shape index (κ3) is 2.43. The van der Waals surface area contributed by atoms with E-state index in [4.69, 9.17) is 0 Å². The standard InChI is InChI=1S/C17H16N2/c1-14-6-5-9-16(12-15-7-3-2-4-8-15)17(14)19-11-10-18-13-19/h2-11,13H,12H2,1H3. The lowest BCUT2D eigenvalue weighted by Gasteiger charge is -2.13. The van der Waals surface area contributed by atoms with Crippen LogP contribution in [0.25, 0.3) is 5.69 Å². The van der Waals surface area contributed by atoms with Gasteiger partial charge in [-0.25, -0.2) is 4.98 Å². The maximum absolute atomic E-state index is 4.15. The molecule has 0 aliphatic carbocycles. The SMILES string of the molecule is Cc1cccc(Cc2ccccc2)c1-n1ccnc1. The quantitative estimate of drug-likeness (QED) is 0.690. The second-order valence-electron chi connectivity index (χ2n) is 4.71. The topological polar surface area (TPSA) is 17.8 Å². The zero-order chi connectivity index (χ0) is 13.1. The summed E-state index contributed by atoms with van der Waals surface area (Å²) in [5, 5.41) is 0. The Morgan fingerprint density at radius 3 is 2.58 bits per heavy atom. The van der Waals surface area contributed by atoms with Crippen LogP contribution in [0.2, 0.25) is 0 Å². The first-order chi connectivity index (χ1) is 9.34. The molecule has 1 heterocycles. The highest BCUT2D eigenvalue weighted by molar-refractivity contribution is 5.49. The molecule has 2 aromatic carbocycles. The van der Waals surface area contributed by atoms with Crippen molar-refractivity contribution >= 4 is 0 Å². The maximum Gasteiger partial charge on any atom is 0.0991 e. The summed E-state index contributed by atoms with van der Waals surface area (Å²) in [4.78, 5) is 4.15. The van der Waals surface area contributed by atoms with Gasteiger partial charge in [0.1, 0.15) is 0 Å². The Bertz CT molecular complexity index is 655. The summed E-state index contributed by atoms with van der Waals surface area (Å²) >= 11 is 0. The summed E-state index contributed by atoms with van der Waals surface area (Å²) in [6.07, 6.45) is 6.61. The monoisotopic (exact) mass is 248 g/mol. The molecule has 0 N–H and O–H groups in total. The number of para-hydroxylation sites is 1. The fourth-order valence-electron chi connectivity index (χ4n) is 2.44. The molecule has 0 amide bonds. The van der Waals surface area contributed by atoms with Crippen LogP contribution < -0.4 is 0 Å². The van der Waals surface area contributed by atoms with E-state index in [9.17, 15) is 0 Å². The minimum Gasteiger partial charge on any atom is -0.306 e. The van der Waals surface area contributed by atoms with E-state index < -0.39 is 0 Å². The Hall–Kier alpha value is -2.35. The van der Waals surface area contributed by atoms with Gasteiger partial charge in [-0.3, -0.25) is 0 Å². The first-order valence-corrected chi connectivity index (χ1v) is 6.45. The van der Waals surface area contributed by atoms with Crippen molar-refractivity contribution in [1.82, 2.24) is 9.55 Å². The normalized spacial score (nSPS) is 10.6. The van der Waals surface area contributed by atoms with Crippen molar-refractivity contribution in [2.24, 2.45) is 0 Å². The minimum absolute atomic E-state index is 0.941. The summed E-state index contributed by atoms with van der Waals surface area (Å²) in [6.45, 7) is 2.14. The second kappa shape index (κ2) is 5.11. The Balaban J connectivity index is 2.05. The third-order valence-corrected chi connectivity index (χ3v) is 3.32. The average Bonchev–Trinajstić information content (AvgIpc) is 2.94. The predicted octanol–water partition coefficient (Wildman–Crippen LogP) is 3.77. The van der Waals surface area contributed by atoms with E-state index in [1.807, 2.05) is 18.7 Å². The van der Waals surface area contributed by atoms with Gasteiger partial charge in [-0.05, 0) is 30.0 Å². The van der Waals surface area contributed by atoms with Crippen LogP contribution in [0.15, 0.2) is 67.3 Å². The van der Waals surface area contributed by atoms with Crippen molar-refractivity contribution < 1.29 is 0 Å². The van der Waals surface area contributed by atoms with Gasteiger partial charge in [0.2, 0.25) is 0 Å². The molecule has 0 bridgehead atoms. The predicted molar refractivity (Wildman–Crippen MR) is 77.5 cm³/mol. The maximum atomic E-state index is 4.15. The molecule has 0 aliphatic rings. The van der Waals surface area contributed by atoms with Crippen LogP contribution in [0.3, 0.4) is 0 Å². The number of imidazole rings is 1. The molecule has 0 radical (unpaired) electrons. The van der Waals surface area contributed by atoms with Crippen LogP contribution in [-0.2, 0) is 6.42 Å². The van der Waals surface area contributed by atoms with Gasteiger partial charge < -0.3 is 4.57 Å². The zero-order valence-electron chi connectivity index (χ0n) is 11.0. The lowest BCUT2D eigenvalue weighted by atomic mass is 10.0. The van der Waals surface area contributed by atoms with Gasteiger partial charge in [0.25, 0.3) is 0 Å². The number of aromatic nitrogens is 2. The zero-order valence-corrected chi connectivity index (χ0v) is 11.0. The third-order valence-electron chi connectivity index (χ3n) is 3.32. The first-order valence-electron chi connectivity index (χ1n) is 6.45. The van der Waals surface area contributed by atoms with Crippen molar-refractivity contribution in [2.45, 2.75) is 13.3 Å². The number of aryl methyl sites for hydroxylation is 1. The Labute approximate surface area is 113 Å². The number of rotatable bonds is 3. The van der Waals surface area contributed by atoms with Crippen molar-refractivity contribution in [3.8, 4) is 5.69 Å². The molecule has 94 valence electrons. The van der Waals surface area contributed by atoms with Gasteiger partial charge in [-0.1, -0.05) is 48.5 Å². The van der Waals surface area contributed by atoms with Gasteiger partial charge in [0.15, 0.2) is 0 Å². The molecule has 1 aromatic heterocycles. The Morgan fingerprint density at radius 2 is 1.84 bits per heavy atom. The average molecular weight is 248 g/mol. The largest absolute Gasteiger partial charge is 0.306 e. The summed E-state index contributed by atoms with van der Waals surface area (Å²) in [7, 11) is 0. The highest BCUT2D eigenvalue weighted by Crippen LogP contribution is 2.21. The molecule has 0 atom stereocenters. The summed E-state index contributed by atoms with van der Waals surface area (Å²) in [6, 6.07) is 17.0. The summed E-state index contributed by atoms with van der Waals surface area (Å²) < 4.78 is 2.09. The fourth-order valence-corrected chi connectivity index (χ4v) is 2.44. The van der Waals surface area contributed by atoms with Crippen molar-refractivity contribution in [3.63, 3.8) is 0 Å². The van der Waals surface area contributed by atoms with Crippen LogP contribution in [0.4, 0.5) is 0 Å². The number of benzene rings is 2. The molecule has 2 nitrogen and oxygen atoms in total. The van der Waals surface area contributed by atoms with Gasteiger partial charge in [-0.2, -0.15) is 0 Å². The minimum atomic E-state index is 0.941. The van der Waals surface area contributed by atoms with Crippen LogP contribution in [0.1, 0.15) is 16.7 Å². The van der Waals surface area contributed by atoms with E-state index in [0.29, 0.717) is 0 Å². The number of hydrogen-bond acceptors (Lipinski definition) is 1. The molecule has 0 saturated heterocycles. The van der Waals surface area contributed by atoms with Crippen molar-refractivity contribution in [1.29, 1.82) is 0 Å². The van der Waals surface area contributed by atoms with Crippen LogP contribution in [-0.4, -0.2) is 9.55 Å². The van der Waals surface area contributed by atoms with E-state index in [0.717, 1.165) is 6.42 Å². The lowest BCUT2D eigenvalue weighted by Crippen LogP contribution is -2.01. The van der Waals surface area contributed by atoms with Gasteiger partial charge >= 0.3 is 0 Å². The van der Waals surface area contributed by atoms with Crippen LogP contribution in [0, 0.1) is 6.92 Å². The van der Waals surface area contributed by atoms with Gasteiger partial charge in [-0.15, -0.1) is 0 Å². The molecule has 0 unspecified atom stereocenters. The molecular formula is C17H16N2. The molecular weight excluding hydrogens is 232 g/mol. The molecule has 19 heavy (non-hydrogen) atoms. The first kappa shape index (κ1) is 11.7. The van der Waals surface area contributed by atoms with E-state index in [-0.39, 0.29) is 0 Å². The van der Waals surface area contributed by atoms with Crippen LogP contribution in [0.5, 0.6) is 0 Å². The van der Waals surface area contributed by atoms with E-state index >= 15 is 0 Å². The van der Waals surface area contributed by atoms with Gasteiger partial charge in [0.05, 0.1) is 12.0 Å². The lowest BCUT2D eigenvalue weighted by molar-refractivity contribution is 1.00. The van der Waals surface area contributed by atoms with Gasteiger partial charge in [0, 0.05) is 12.4 Å². The highest BCUT2D eigenvalue weighted by Gasteiger charge is 2.07. The molecule has 3 aromatic rings. The molecule has 0 saturated carbocycles. The smallest absolute Gasteiger partial charge is 0.0991 e.